The summed E-state index contributed by atoms with van der Waals surface area (Å²) in [6.07, 6.45) is 3.64. The number of thiocarbonyl (C=S) groups is 1. The van der Waals surface area contributed by atoms with E-state index in [9.17, 15) is 0 Å². The quantitative estimate of drug-likeness (QED) is 0.376. The van der Waals surface area contributed by atoms with Crippen molar-refractivity contribution >= 4 is 28.9 Å². The Balaban J connectivity index is 1.63. The summed E-state index contributed by atoms with van der Waals surface area (Å²) in [7, 11) is 0. The number of hydrogen-bond donors (Lipinski definition) is 1. The van der Waals surface area contributed by atoms with Crippen molar-refractivity contribution in [2.24, 2.45) is 0 Å². The predicted octanol–water partition coefficient (Wildman–Crippen LogP) is 5.71. The summed E-state index contributed by atoms with van der Waals surface area (Å²) in [5.74, 6) is 0. The lowest BCUT2D eigenvalue weighted by Crippen LogP contribution is -2.29. The van der Waals surface area contributed by atoms with E-state index in [0.29, 0.717) is 11.7 Å². The zero-order chi connectivity index (χ0) is 22.9. The van der Waals surface area contributed by atoms with E-state index in [1.165, 1.54) is 5.56 Å². The molecule has 1 fully saturated rings. The maximum Gasteiger partial charge on any atom is 0.170 e. The molecule has 1 saturated heterocycles. The monoisotopic (exact) mass is 473 g/mol. The number of halogens is 1. The van der Waals surface area contributed by atoms with Crippen molar-refractivity contribution in [2.45, 2.75) is 32.5 Å². The van der Waals surface area contributed by atoms with Crippen LogP contribution in [0.25, 0.3) is 5.69 Å². The predicted molar refractivity (Wildman–Crippen MR) is 135 cm³/mol. The SMILES string of the molecule is Cc1cc([C@H]2[C@@H](c3ccccn3)NC(=S)N2Cc2ccccn2)c(C)n1-c1ccccc1Cl. The zero-order valence-electron chi connectivity index (χ0n) is 18.4. The van der Waals surface area contributed by atoms with Crippen LogP contribution in [-0.2, 0) is 6.54 Å². The van der Waals surface area contributed by atoms with Gasteiger partial charge < -0.3 is 14.8 Å². The zero-order valence-corrected chi connectivity index (χ0v) is 20.0. The van der Waals surface area contributed by atoms with Gasteiger partial charge in [-0.15, -0.1) is 0 Å². The van der Waals surface area contributed by atoms with Gasteiger partial charge in [0, 0.05) is 23.8 Å². The first-order valence-electron chi connectivity index (χ1n) is 10.9. The molecule has 1 aliphatic heterocycles. The molecule has 5 nitrogen and oxygen atoms in total. The fourth-order valence-corrected chi connectivity index (χ4v) is 5.20. The lowest BCUT2D eigenvalue weighted by atomic mass is 9.96. The fraction of sp³-hybridized carbons (Fsp3) is 0.192. The smallest absolute Gasteiger partial charge is 0.170 e. The van der Waals surface area contributed by atoms with Crippen LogP contribution in [0.3, 0.4) is 0 Å². The van der Waals surface area contributed by atoms with Crippen molar-refractivity contribution in [3.05, 3.63) is 112 Å². The van der Waals surface area contributed by atoms with E-state index >= 15 is 0 Å². The average Bonchev–Trinajstić information content (AvgIpc) is 3.30. The van der Waals surface area contributed by atoms with Crippen LogP contribution in [0.15, 0.2) is 79.1 Å². The van der Waals surface area contributed by atoms with Gasteiger partial charge in [-0.1, -0.05) is 35.9 Å². The summed E-state index contributed by atoms with van der Waals surface area (Å²) in [4.78, 5) is 11.4. The number of pyridine rings is 2. The van der Waals surface area contributed by atoms with Crippen molar-refractivity contribution in [3.63, 3.8) is 0 Å². The number of para-hydroxylation sites is 1. The van der Waals surface area contributed by atoms with Gasteiger partial charge in [0.15, 0.2) is 5.11 Å². The highest BCUT2D eigenvalue weighted by Gasteiger charge is 2.41. The second-order valence-electron chi connectivity index (χ2n) is 8.19. The summed E-state index contributed by atoms with van der Waals surface area (Å²) >= 11 is 12.4. The molecule has 1 aliphatic rings. The molecule has 0 amide bonds. The Bertz CT molecular complexity index is 1290. The lowest BCUT2D eigenvalue weighted by Gasteiger charge is -2.28. The molecule has 5 rings (SSSR count). The summed E-state index contributed by atoms with van der Waals surface area (Å²) in [5, 5.41) is 4.95. The fourth-order valence-electron chi connectivity index (χ4n) is 4.67. The highest BCUT2D eigenvalue weighted by Crippen LogP contribution is 2.42. The Morgan fingerprint density at radius 1 is 0.970 bits per heavy atom. The average molecular weight is 474 g/mol. The van der Waals surface area contributed by atoms with Crippen LogP contribution < -0.4 is 5.32 Å². The van der Waals surface area contributed by atoms with Gasteiger partial charge in [-0.25, -0.2) is 0 Å². The van der Waals surface area contributed by atoms with E-state index < -0.39 is 0 Å². The van der Waals surface area contributed by atoms with Crippen LogP contribution >= 0.6 is 23.8 Å². The topological polar surface area (TPSA) is 46.0 Å². The van der Waals surface area contributed by atoms with Gasteiger partial charge in [-0.3, -0.25) is 9.97 Å². The highest BCUT2D eigenvalue weighted by molar-refractivity contribution is 7.80. The number of rotatable bonds is 5. The molecular weight excluding hydrogens is 450 g/mol. The van der Waals surface area contributed by atoms with Crippen LogP contribution in [0.4, 0.5) is 0 Å². The van der Waals surface area contributed by atoms with E-state index in [2.05, 4.69) is 44.7 Å². The minimum absolute atomic E-state index is 0.0446. The number of benzene rings is 1. The third-order valence-corrected chi connectivity index (χ3v) is 6.81. The third-order valence-electron chi connectivity index (χ3n) is 6.14. The van der Waals surface area contributed by atoms with Crippen LogP contribution in [0.1, 0.15) is 40.4 Å². The van der Waals surface area contributed by atoms with Gasteiger partial charge in [0.25, 0.3) is 0 Å². The van der Waals surface area contributed by atoms with Gasteiger partial charge in [-0.2, -0.15) is 0 Å². The first-order chi connectivity index (χ1) is 16.0. The molecule has 2 atom stereocenters. The van der Waals surface area contributed by atoms with Crippen molar-refractivity contribution in [2.75, 3.05) is 0 Å². The molecule has 4 aromatic rings. The van der Waals surface area contributed by atoms with Crippen molar-refractivity contribution in [1.82, 2.24) is 24.8 Å². The first-order valence-corrected chi connectivity index (χ1v) is 11.6. The molecule has 0 bridgehead atoms. The largest absolute Gasteiger partial charge is 0.352 e. The normalized spacial score (nSPS) is 17.9. The Morgan fingerprint density at radius 2 is 1.70 bits per heavy atom. The van der Waals surface area contributed by atoms with Crippen LogP contribution in [0.2, 0.25) is 5.02 Å². The molecule has 0 spiro atoms. The molecule has 4 heterocycles. The molecule has 0 saturated carbocycles. The van der Waals surface area contributed by atoms with E-state index in [-0.39, 0.29) is 12.1 Å². The number of hydrogen-bond acceptors (Lipinski definition) is 3. The van der Waals surface area contributed by atoms with Gasteiger partial charge in [0.1, 0.15) is 0 Å². The van der Waals surface area contributed by atoms with Crippen LogP contribution in [0.5, 0.6) is 0 Å². The molecule has 0 unspecified atom stereocenters. The Morgan fingerprint density at radius 3 is 2.39 bits per heavy atom. The van der Waals surface area contributed by atoms with Crippen LogP contribution in [0, 0.1) is 13.8 Å². The Kier molecular flexibility index (Phi) is 5.87. The van der Waals surface area contributed by atoms with E-state index in [1.54, 1.807) is 0 Å². The summed E-state index contributed by atoms with van der Waals surface area (Å²) < 4.78 is 2.22. The van der Waals surface area contributed by atoms with Gasteiger partial charge in [0.2, 0.25) is 0 Å². The lowest BCUT2D eigenvalue weighted by molar-refractivity contribution is 0.307. The molecule has 166 valence electrons. The molecule has 0 radical (unpaired) electrons. The number of aromatic nitrogens is 3. The Hall–Kier alpha value is -3.22. The maximum atomic E-state index is 6.57. The minimum Gasteiger partial charge on any atom is -0.352 e. The molecule has 1 aromatic carbocycles. The molecule has 33 heavy (non-hydrogen) atoms. The van der Waals surface area contributed by atoms with Crippen molar-refractivity contribution < 1.29 is 0 Å². The van der Waals surface area contributed by atoms with Crippen molar-refractivity contribution in [1.29, 1.82) is 0 Å². The third kappa shape index (κ3) is 4.01. The summed E-state index contributed by atoms with van der Waals surface area (Å²) in [5.41, 5.74) is 6.32. The van der Waals surface area contributed by atoms with Crippen LogP contribution in [-0.4, -0.2) is 24.5 Å². The molecule has 0 aliphatic carbocycles. The second kappa shape index (κ2) is 8.96. The summed E-state index contributed by atoms with van der Waals surface area (Å²) in [6, 6.07) is 22.0. The number of nitrogens with zero attached hydrogens (tertiary/aromatic N) is 4. The maximum absolute atomic E-state index is 6.57. The van der Waals surface area contributed by atoms with E-state index in [1.807, 2.05) is 73.1 Å². The first kappa shape index (κ1) is 21.6. The molecule has 3 aromatic heterocycles. The highest BCUT2D eigenvalue weighted by atomic mass is 35.5. The standard InChI is InChI=1S/C26H24ClN5S/c1-17-15-20(18(2)32(17)23-12-4-3-10-21(23)27)25-24(22-11-6-8-14-29-22)30-26(33)31(25)16-19-9-5-7-13-28-19/h3-15,24-25H,16H2,1-2H3,(H,30,33)/t24-,25+/m1/s1. The molecule has 7 heteroatoms. The second-order valence-corrected chi connectivity index (χ2v) is 8.98. The summed E-state index contributed by atoms with van der Waals surface area (Å²) in [6.45, 7) is 4.86. The number of aryl methyl sites for hydroxylation is 1. The van der Waals surface area contributed by atoms with E-state index in [4.69, 9.17) is 23.8 Å². The molecule has 1 N–H and O–H groups in total. The van der Waals surface area contributed by atoms with Gasteiger partial charge in [0.05, 0.1) is 40.7 Å². The van der Waals surface area contributed by atoms with E-state index in [0.717, 1.165) is 33.5 Å². The number of nitrogens with one attached hydrogen (secondary N) is 1. The minimum atomic E-state index is -0.0809. The Labute approximate surface area is 204 Å². The molecular formula is C26H24ClN5S. The van der Waals surface area contributed by atoms with Crippen molar-refractivity contribution in [3.8, 4) is 5.69 Å². The van der Waals surface area contributed by atoms with Gasteiger partial charge >= 0.3 is 0 Å². The van der Waals surface area contributed by atoms with Gasteiger partial charge in [-0.05, 0) is 74.1 Å².